The number of aliphatic hydroxyl groups excluding tert-OH is 1. The molecule has 118 valence electrons. The molecule has 2 N–H and O–H groups in total. The molecule has 0 bridgehead atoms. The van der Waals surface area contributed by atoms with Crippen LogP contribution in [0.1, 0.15) is 39.2 Å². The van der Waals surface area contributed by atoms with Gasteiger partial charge in [0.15, 0.2) is 0 Å². The van der Waals surface area contributed by atoms with Gasteiger partial charge in [0, 0.05) is 19.1 Å². The summed E-state index contributed by atoms with van der Waals surface area (Å²) in [7, 11) is 1.64. The summed E-state index contributed by atoms with van der Waals surface area (Å²) in [6.07, 6.45) is 1.73. The van der Waals surface area contributed by atoms with Gasteiger partial charge in [0.1, 0.15) is 5.75 Å². The van der Waals surface area contributed by atoms with Crippen molar-refractivity contribution in [1.82, 2.24) is 5.32 Å². The first kappa shape index (κ1) is 17.5. The molecule has 0 radical (unpaired) electrons. The number of nitrogens with one attached hydrogen (secondary N) is 1. The lowest BCUT2D eigenvalue weighted by Crippen LogP contribution is -2.44. The van der Waals surface area contributed by atoms with Gasteiger partial charge in [-0.15, -0.1) is 0 Å². The fraction of sp³-hybridized carbons (Fsp3) is 0.588. The number of hydrogen-bond donors (Lipinski definition) is 2. The Balaban J connectivity index is 2.48. The molecule has 1 atom stereocenters. The summed E-state index contributed by atoms with van der Waals surface area (Å²) in [4.78, 5) is 12.1. The van der Waals surface area contributed by atoms with Gasteiger partial charge in [0.2, 0.25) is 5.91 Å². The fourth-order valence-electron chi connectivity index (χ4n) is 2.17. The van der Waals surface area contributed by atoms with E-state index in [0.29, 0.717) is 19.3 Å². The second-order valence-corrected chi connectivity index (χ2v) is 6.35. The van der Waals surface area contributed by atoms with Crippen molar-refractivity contribution in [2.75, 3.05) is 13.7 Å². The van der Waals surface area contributed by atoms with Crippen molar-refractivity contribution in [3.8, 4) is 5.75 Å². The predicted molar refractivity (Wildman–Crippen MR) is 84.4 cm³/mol. The maximum atomic E-state index is 12.1. The average Bonchev–Trinajstić information content (AvgIpc) is 2.44. The van der Waals surface area contributed by atoms with Crippen LogP contribution in [0.25, 0.3) is 0 Å². The SMILES string of the molecule is COc1ccc(CCC(=O)NC(CCO)C(C)(C)C)cc1. The van der Waals surface area contributed by atoms with E-state index < -0.39 is 0 Å². The van der Waals surface area contributed by atoms with Crippen LogP contribution in [0.15, 0.2) is 24.3 Å². The van der Waals surface area contributed by atoms with Crippen molar-refractivity contribution in [3.05, 3.63) is 29.8 Å². The molecule has 0 spiro atoms. The lowest BCUT2D eigenvalue weighted by Gasteiger charge is -2.31. The van der Waals surface area contributed by atoms with Crippen LogP contribution in [0.5, 0.6) is 5.75 Å². The Labute approximate surface area is 127 Å². The average molecular weight is 293 g/mol. The van der Waals surface area contributed by atoms with Gasteiger partial charge in [-0.2, -0.15) is 0 Å². The summed E-state index contributed by atoms with van der Waals surface area (Å²) in [5.74, 6) is 0.845. The van der Waals surface area contributed by atoms with Crippen LogP contribution in [0.3, 0.4) is 0 Å². The standard InChI is InChI=1S/C17H27NO3/c1-17(2,3)15(11-12-19)18-16(20)10-7-13-5-8-14(21-4)9-6-13/h5-6,8-9,15,19H,7,10-12H2,1-4H3,(H,18,20). The number of carbonyl (C=O) groups is 1. The van der Waals surface area contributed by atoms with Crippen LogP contribution in [0.2, 0.25) is 0 Å². The Kier molecular flexibility index (Phi) is 6.69. The largest absolute Gasteiger partial charge is 0.497 e. The van der Waals surface area contributed by atoms with Gasteiger partial charge in [0.05, 0.1) is 7.11 Å². The number of carbonyl (C=O) groups excluding carboxylic acids is 1. The number of aryl methyl sites for hydroxylation is 1. The Bertz CT molecular complexity index is 434. The van der Waals surface area contributed by atoms with Crippen molar-refractivity contribution >= 4 is 5.91 Å². The molecular formula is C17H27NO3. The summed E-state index contributed by atoms with van der Waals surface area (Å²) < 4.78 is 5.11. The monoisotopic (exact) mass is 293 g/mol. The Morgan fingerprint density at radius 3 is 2.38 bits per heavy atom. The van der Waals surface area contributed by atoms with E-state index in [1.807, 2.05) is 24.3 Å². The number of hydrogen-bond acceptors (Lipinski definition) is 3. The molecule has 0 saturated heterocycles. The summed E-state index contributed by atoms with van der Waals surface area (Å²) in [6.45, 7) is 6.28. The Morgan fingerprint density at radius 2 is 1.90 bits per heavy atom. The van der Waals surface area contributed by atoms with Crippen molar-refractivity contribution in [2.45, 2.75) is 46.1 Å². The Morgan fingerprint density at radius 1 is 1.29 bits per heavy atom. The van der Waals surface area contributed by atoms with Crippen LogP contribution in [-0.4, -0.2) is 30.8 Å². The maximum Gasteiger partial charge on any atom is 0.220 e. The summed E-state index contributed by atoms with van der Waals surface area (Å²) >= 11 is 0. The third kappa shape index (κ3) is 6.17. The molecule has 1 unspecified atom stereocenters. The number of aliphatic hydroxyl groups is 1. The first-order chi connectivity index (χ1) is 9.86. The van der Waals surface area contributed by atoms with Crippen molar-refractivity contribution in [3.63, 3.8) is 0 Å². The second kappa shape index (κ2) is 8.03. The number of amides is 1. The zero-order valence-electron chi connectivity index (χ0n) is 13.5. The zero-order chi connectivity index (χ0) is 15.9. The fourth-order valence-corrected chi connectivity index (χ4v) is 2.17. The molecule has 0 saturated carbocycles. The van der Waals surface area contributed by atoms with Gasteiger partial charge in [-0.3, -0.25) is 4.79 Å². The van der Waals surface area contributed by atoms with E-state index in [9.17, 15) is 4.79 Å². The maximum absolute atomic E-state index is 12.1. The molecule has 1 amide bonds. The van der Waals surface area contributed by atoms with Gasteiger partial charge < -0.3 is 15.2 Å². The molecule has 1 rings (SSSR count). The van der Waals surface area contributed by atoms with Crippen LogP contribution in [0, 0.1) is 5.41 Å². The van der Waals surface area contributed by atoms with E-state index in [1.54, 1.807) is 7.11 Å². The molecule has 0 aromatic heterocycles. The number of benzene rings is 1. The molecule has 0 fully saturated rings. The molecule has 0 heterocycles. The quantitative estimate of drug-likeness (QED) is 0.812. The van der Waals surface area contributed by atoms with Crippen molar-refractivity contribution in [1.29, 1.82) is 0 Å². The Hall–Kier alpha value is -1.55. The molecule has 0 aliphatic heterocycles. The first-order valence-electron chi connectivity index (χ1n) is 7.40. The lowest BCUT2D eigenvalue weighted by atomic mass is 9.85. The van der Waals surface area contributed by atoms with Crippen LogP contribution < -0.4 is 10.1 Å². The zero-order valence-corrected chi connectivity index (χ0v) is 13.5. The lowest BCUT2D eigenvalue weighted by molar-refractivity contribution is -0.122. The van der Waals surface area contributed by atoms with E-state index >= 15 is 0 Å². The van der Waals surface area contributed by atoms with E-state index in [-0.39, 0.29) is 24.0 Å². The summed E-state index contributed by atoms with van der Waals surface area (Å²) in [5.41, 5.74) is 1.05. The van der Waals surface area contributed by atoms with Gasteiger partial charge in [0.25, 0.3) is 0 Å². The summed E-state index contributed by atoms with van der Waals surface area (Å²) in [6, 6.07) is 7.74. The van der Waals surface area contributed by atoms with Crippen LogP contribution in [0.4, 0.5) is 0 Å². The van der Waals surface area contributed by atoms with Crippen molar-refractivity contribution < 1.29 is 14.6 Å². The minimum Gasteiger partial charge on any atom is -0.497 e. The molecule has 1 aromatic rings. The molecule has 0 aliphatic rings. The molecule has 21 heavy (non-hydrogen) atoms. The third-order valence-corrected chi connectivity index (χ3v) is 3.60. The highest BCUT2D eigenvalue weighted by Gasteiger charge is 2.25. The molecule has 1 aromatic carbocycles. The van der Waals surface area contributed by atoms with E-state index in [1.165, 1.54) is 0 Å². The molecule has 0 aliphatic carbocycles. The van der Waals surface area contributed by atoms with Gasteiger partial charge >= 0.3 is 0 Å². The molecule has 4 heteroatoms. The molecular weight excluding hydrogens is 266 g/mol. The van der Waals surface area contributed by atoms with Crippen LogP contribution in [-0.2, 0) is 11.2 Å². The first-order valence-corrected chi connectivity index (χ1v) is 7.40. The third-order valence-electron chi connectivity index (χ3n) is 3.60. The predicted octanol–water partition coefficient (Wildman–Crippen LogP) is 2.54. The van der Waals surface area contributed by atoms with E-state index in [4.69, 9.17) is 9.84 Å². The van der Waals surface area contributed by atoms with Crippen molar-refractivity contribution in [2.24, 2.45) is 5.41 Å². The highest BCUT2D eigenvalue weighted by atomic mass is 16.5. The normalized spacial score (nSPS) is 12.8. The summed E-state index contributed by atoms with van der Waals surface area (Å²) in [5, 5.41) is 12.1. The van der Waals surface area contributed by atoms with Gasteiger partial charge in [-0.25, -0.2) is 0 Å². The highest BCUT2D eigenvalue weighted by molar-refractivity contribution is 5.76. The number of ether oxygens (including phenoxy) is 1. The van der Waals surface area contributed by atoms with Gasteiger partial charge in [-0.1, -0.05) is 32.9 Å². The van der Waals surface area contributed by atoms with Crippen LogP contribution >= 0.6 is 0 Å². The number of methoxy groups -OCH3 is 1. The molecule has 4 nitrogen and oxygen atoms in total. The minimum atomic E-state index is -0.0570. The second-order valence-electron chi connectivity index (χ2n) is 6.35. The smallest absolute Gasteiger partial charge is 0.220 e. The van der Waals surface area contributed by atoms with Gasteiger partial charge in [-0.05, 0) is 36.0 Å². The topological polar surface area (TPSA) is 58.6 Å². The minimum absolute atomic E-state index is 0.00846. The van der Waals surface area contributed by atoms with E-state index in [2.05, 4.69) is 26.1 Å². The number of rotatable bonds is 7. The highest BCUT2D eigenvalue weighted by Crippen LogP contribution is 2.21. The van der Waals surface area contributed by atoms with E-state index in [0.717, 1.165) is 11.3 Å².